The molecule has 1 aliphatic rings. The molecule has 0 aromatic heterocycles. The van der Waals surface area contributed by atoms with Crippen LogP contribution >= 0.6 is 0 Å². The van der Waals surface area contributed by atoms with E-state index in [0.29, 0.717) is 19.0 Å². The summed E-state index contributed by atoms with van der Waals surface area (Å²) in [5.74, 6) is 0.443. The number of hydrogen-bond donors (Lipinski definition) is 4. The molecule has 3 amide bonds. The number of hydrogen-bond acceptors (Lipinski definition) is 3. The summed E-state index contributed by atoms with van der Waals surface area (Å²) in [6.07, 6.45) is 2.45. The number of piperidine rings is 1. The van der Waals surface area contributed by atoms with Crippen LogP contribution in [0.25, 0.3) is 0 Å². The Kier molecular flexibility index (Phi) is 6.70. The van der Waals surface area contributed by atoms with Gasteiger partial charge in [0.1, 0.15) is 0 Å². The molecular weight excluding hydrogens is 280 g/mol. The quantitative estimate of drug-likeness (QED) is 0.639. The molecule has 1 aromatic rings. The minimum atomic E-state index is -0.203. The third-order valence-corrected chi connectivity index (χ3v) is 3.71. The number of rotatable bonds is 6. The van der Waals surface area contributed by atoms with Crippen molar-refractivity contribution in [3.05, 3.63) is 30.3 Å². The average Bonchev–Trinajstić information content (AvgIpc) is 2.55. The van der Waals surface area contributed by atoms with E-state index in [1.807, 2.05) is 30.3 Å². The van der Waals surface area contributed by atoms with Gasteiger partial charge in [-0.3, -0.25) is 4.79 Å². The topological polar surface area (TPSA) is 82.3 Å². The van der Waals surface area contributed by atoms with Crippen molar-refractivity contribution in [2.75, 3.05) is 31.5 Å². The second-order valence-corrected chi connectivity index (χ2v) is 5.49. The van der Waals surface area contributed by atoms with E-state index in [2.05, 4.69) is 21.3 Å². The molecule has 0 radical (unpaired) electrons. The van der Waals surface area contributed by atoms with Crippen LogP contribution in [-0.2, 0) is 4.79 Å². The van der Waals surface area contributed by atoms with Crippen molar-refractivity contribution in [1.82, 2.24) is 16.0 Å². The Hall–Kier alpha value is -2.08. The molecule has 0 aliphatic carbocycles. The van der Waals surface area contributed by atoms with Crippen LogP contribution in [0.15, 0.2) is 30.3 Å². The molecule has 0 spiro atoms. The van der Waals surface area contributed by atoms with Crippen LogP contribution in [0.5, 0.6) is 0 Å². The molecular formula is C16H24N4O2. The number of para-hydroxylation sites is 1. The van der Waals surface area contributed by atoms with Crippen molar-refractivity contribution in [2.24, 2.45) is 5.92 Å². The molecule has 4 N–H and O–H groups in total. The molecule has 22 heavy (non-hydrogen) atoms. The molecule has 0 saturated carbocycles. The van der Waals surface area contributed by atoms with Crippen LogP contribution < -0.4 is 21.3 Å². The number of urea groups is 1. The normalized spacial score (nSPS) is 15.1. The molecule has 6 nitrogen and oxygen atoms in total. The fourth-order valence-corrected chi connectivity index (χ4v) is 2.42. The molecule has 1 fully saturated rings. The summed E-state index contributed by atoms with van der Waals surface area (Å²) in [7, 11) is 0. The first-order valence-corrected chi connectivity index (χ1v) is 7.81. The maximum atomic E-state index is 11.7. The predicted molar refractivity (Wildman–Crippen MR) is 86.7 cm³/mol. The second-order valence-electron chi connectivity index (χ2n) is 5.49. The minimum Gasteiger partial charge on any atom is -0.338 e. The number of nitrogens with one attached hydrogen (secondary N) is 4. The van der Waals surface area contributed by atoms with Crippen LogP contribution in [0, 0.1) is 5.92 Å². The van der Waals surface area contributed by atoms with Gasteiger partial charge in [0.2, 0.25) is 5.91 Å². The molecule has 1 aromatic carbocycles. The molecule has 0 unspecified atom stereocenters. The van der Waals surface area contributed by atoms with Crippen molar-refractivity contribution in [1.29, 1.82) is 0 Å². The summed E-state index contributed by atoms with van der Waals surface area (Å²) >= 11 is 0. The van der Waals surface area contributed by atoms with Gasteiger partial charge in [0, 0.05) is 25.2 Å². The van der Waals surface area contributed by atoms with E-state index in [1.54, 1.807) is 0 Å². The van der Waals surface area contributed by atoms with Gasteiger partial charge >= 0.3 is 6.03 Å². The summed E-state index contributed by atoms with van der Waals surface area (Å²) in [5.41, 5.74) is 0.767. The lowest BCUT2D eigenvalue weighted by molar-refractivity contribution is -0.116. The third kappa shape index (κ3) is 6.13. The van der Waals surface area contributed by atoms with Crippen LogP contribution in [0.2, 0.25) is 0 Å². The fraction of sp³-hybridized carbons (Fsp3) is 0.500. The largest absolute Gasteiger partial charge is 0.338 e. The van der Waals surface area contributed by atoms with E-state index in [-0.39, 0.29) is 18.4 Å². The number of carbonyl (C=O) groups is 2. The van der Waals surface area contributed by atoms with E-state index in [0.717, 1.165) is 31.6 Å². The van der Waals surface area contributed by atoms with E-state index in [1.165, 1.54) is 0 Å². The zero-order chi connectivity index (χ0) is 15.6. The lowest BCUT2D eigenvalue weighted by Gasteiger charge is -2.22. The Bertz CT molecular complexity index is 472. The summed E-state index contributed by atoms with van der Waals surface area (Å²) in [6.45, 7) is 3.07. The highest BCUT2D eigenvalue weighted by molar-refractivity contribution is 5.91. The molecule has 120 valence electrons. The van der Waals surface area contributed by atoms with E-state index in [9.17, 15) is 9.59 Å². The average molecular weight is 304 g/mol. The Morgan fingerprint density at radius 1 is 1.09 bits per heavy atom. The lowest BCUT2D eigenvalue weighted by atomic mass is 9.98. The van der Waals surface area contributed by atoms with Gasteiger partial charge in [0.25, 0.3) is 0 Å². The van der Waals surface area contributed by atoms with Gasteiger partial charge in [-0.25, -0.2) is 4.79 Å². The van der Waals surface area contributed by atoms with Crippen LogP contribution in [0.4, 0.5) is 10.5 Å². The fourth-order valence-electron chi connectivity index (χ4n) is 2.42. The maximum absolute atomic E-state index is 11.7. The Balaban J connectivity index is 1.55. The van der Waals surface area contributed by atoms with Crippen LogP contribution in [0.3, 0.4) is 0 Å². The second kappa shape index (κ2) is 9.04. The Morgan fingerprint density at radius 2 is 1.82 bits per heavy atom. The molecule has 6 heteroatoms. The SMILES string of the molecule is O=C(CCNC(=O)NCC1CCNCC1)Nc1ccccc1. The van der Waals surface area contributed by atoms with Gasteiger partial charge in [0.05, 0.1) is 0 Å². The molecule has 1 saturated heterocycles. The van der Waals surface area contributed by atoms with Gasteiger partial charge < -0.3 is 21.3 Å². The third-order valence-electron chi connectivity index (χ3n) is 3.71. The van der Waals surface area contributed by atoms with Gasteiger partial charge in [-0.2, -0.15) is 0 Å². The molecule has 1 heterocycles. The minimum absolute atomic E-state index is 0.107. The lowest BCUT2D eigenvalue weighted by Crippen LogP contribution is -2.41. The molecule has 0 atom stereocenters. The number of carbonyl (C=O) groups excluding carboxylic acids is 2. The van der Waals surface area contributed by atoms with Crippen LogP contribution in [0.1, 0.15) is 19.3 Å². The summed E-state index contributed by atoms with van der Waals surface area (Å²) in [4.78, 5) is 23.4. The zero-order valence-electron chi connectivity index (χ0n) is 12.7. The summed E-state index contributed by atoms with van der Waals surface area (Å²) in [6, 6.07) is 9.08. The Labute approximate surface area is 131 Å². The first-order valence-electron chi connectivity index (χ1n) is 7.81. The van der Waals surface area contributed by atoms with Crippen molar-refractivity contribution in [3.63, 3.8) is 0 Å². The van der Waals surface area contributed by atoms with Crippen LogP contribution in [-0.4, -0.2) is 38.1 Å². The van der Waals surface area contributed by atoms with Crippen molar-refractivity contribution in [3.8, 4) is 0 Å². The van der Waals surface area contributed by atoms with Gasteiger partial charge in [-0.15, -0.1) is 0 Å². The highest BCUT2D eigenvalue weighted by Gasteiger charge is 2.13. The number of anilines is 1. The molecule has 1 aliphatic heterocycles. The zero-order valence-corrected chi connectivity index (χ0v) is 12.7. The number of amides is 3. The standard InChI is InChI=1S/C16H24N4O2/c21-15(20-14-4-2-1-3-5-14)8-11-18-16(22)19-12-13-6-9-17-10-7-13/h1-5,13,17H,6-12H2,(H,20,21)(H2,18,19,22). The summed E-state index contributed by atoms with van der Waals surface area (Å²) < 4.78 is 0. The van der Waals surface area contributed by atoms with Crippen molar-refractivity contribution < 1.29 is 9.59 Å². The predicted octanol–water partition coefficient (Wildman–Crippen LogP) is 1.31. The van der Waals surface area contributed by atoms with Gasteiger partial charge in [-0.05, 0) is 44.0 Å². The Morgan fingerprint density at radius 3 is 2.55 bits per heavy atom. The number of benzene rings is 1. The monoisotopic (exact) mass is 304 g/mol. The maximum Gasteiger partial charge on any atom is 0.314 e. The van der Waals surface area contributed by atoms with Crippen molar-refractivity contribution in [2.45, 2.75) is 19.3 Å². The first-order chi connectivity index (χ1) is 10.7. The van der Waals surface area contributed by atoms with Gasteiger partial charge in [-0.1, -0.05) is 18.2 Å². The van der Waals surface area contributed by atoms with E-state index < -0.39 is 0 Å². The molecule has 2 rings (SSSR count). The van der Waals surface area contributed by atoms with E-state index in [4.69, 9.17) is 0 Å². The van der Waals surface area contributed by atoms with Crippen molar-refractivity contribution >= 4 is 17.6 Å². The highest BCUT2D eigenvalue weighted by atomic mass is 16.2. The van der Waals surface area contributed by atoms with E-state index >= 15 is 0 Å². The molecule has 0 bridgehead atoms. The highest BCUT2D eigenvalue weighted by Crippen LogP contribution is 2.09. The first kappa shape index (κ1) is 16.3. The summed E-state index contributed by atoms with van der Waals surface area (Å²) in [5, 5.41) is 11.7. The van der Waals surface area contributed by atoms with Gasteiger partial charge in [0.15, 0.2) is 0 Å². The smallest absolute Gasteiger partial charge is 0.314 e.